The molecule has 0 atom stereocenters. The number of carbonyl (C=O) groups is 2. The van der Waals surface area contributed by atoms with E-state index in [0.29, 0.717) is 52.5 Å². The number of benzene rings is 5. The molecule has 0 spiro atoms. The molecule has 6 nitrogen and oxygen atoms in total. The third-order valence-corrected chi connectivity index (χ3v) is 11.8. The van der Waals surface area contributed by atoms with Gasteiger partial charge in [-0.05, 0) is 70.0 Å². The van der Waals surface area contributed by atoms with E-state index in [2.05, 4.69) is 25.9 Å². The van der Waals surface area contributed by atoms with Crippen LogP contribution in [0.5, 0.6) is 0 Å². The minimum atomic E-state index is -1.40. The average molecular weight is 923 g/mol. The number of carboxylic acids is 1. The topological polar surface area (TPSA) is 89.4 Å². The normalized spacial score (nSPS) is 10.9. The summed E-state index contributed by atoms with van der Waals surface area (Å²) in [6.07, 6.45) is 0. The van der Waals surface area contributed by atoms with E-state index >= 15 is 0 Å². The van der Waals surface area contributed by atoms with E-state index in [-0.39, 0.29) is 11.1 Å². The Bertz CT molecular complexity index is 2620. The van der Waals surface area contributed by atoms with Gasteiger partial charge >= 0.3 is 11.9 Å². The lowest BCUT2D eigenvalue weighted by Crippen LogP contribution is -2.02. The van der Waals surface area contributed by atoms with Crippen LogP contribution in [-0.2, 0) is 4.74 Å². The van der Waals surface area contributed by atoms with Gasteiger partial charge in [-0.3, -0.25) is 0 Å². The molecule has 0 aliphatic carbocycles. The maximum atomic E-state index is 14.2. The lowest BCUT2D eigenvalue weighted by atomic mass is 9.97. The summed E-state index contributed by atoms with van der Waals surface area (Å²) in [6, 6.07) is 21.2. The molecule has 2 aromatic heterocycles. The van der Waals surface area contributed by atoms with E-state index in [4.69, 9.17) is 51.1 Å². The highest BCUT2D eigenvalue weighted by molar-refractivity contribution is 9.10. The molecule has 55 heavy (non-hydrogen) atoms. The Kier molecular flexibility index (Phi) is 12.7. The monoisotopic (exact) mass is 920 g/mol. The van der Waals surface area contributed by atoms with Crippen LogP contribution in [0, 0.1) is 17.5 Å². The van der Waals surface area contributed by atoms with Gasteiger partial charge in [-0.2, -0.15) is 0 Å². The van der Waals surface area contributed by atoms with E-state index in [1.54, 1.807) is 41.8 Å². The lowest BCUT2D eigenvalue weighted by Gasteiger charge is -2.10. The van der Waals surface area contributed by atoms with E-state index in [9.17, 15) is 27.9 Å². The van der Waals surface area contributed by atoms with Crippen molar-refractivity contribution in [1.29, 1.82) is 0 Å². The minimum absolute atomic E-state index is 0.145. The highest BCUT2D eigenvalue weighted by Gasteiger charge is 2.21. The van der Waals surface area contributed by atoms with Gasteiger partial charge in [-0.15, -0.1) is 22.7 Å². The fraction of sp³-hybridized carbons (Fsp3) is 0.0256. The Morgan fingerprint density at radius 3 is 1.67 bits per heavy atom. The number of aromatic nitrogens is 2. The fourth-order valence-corrected chi connectivity index (χ4v) is 7.81. The summed E-state index contributed by atoms with van der Waals surface area (Å²) < 4.78 is 46.9. The zero-order valence-electron chi connectivity index (χ0n) is 27.6. The first-order valence-electron chi connectivity index (χ1n) is 15.5. The van der Waals surface area contributed by atoms with Crippen LogP contribution in [0.25, 0.3) is 54.8 Å². The van der Waals surface area contributed by atoms with Crippen molar-refractivity contribution in [2.45, 2.75) is 0 Å². The molecule has 2 heterocycles. The van der Waals surface area contributed by atoms with Gasteiger partial charge in [0.25, 0.3) is 0 Å². The molecule has 0 saturated heterocycles. The Hall–Kier alpha value is -4.27. The van der Waals surface area contributed by atoms with Crippen molar-refractivity contribution >= 4 is 96.9 Å². The Balaban J connectivity index is 0.000000193. The summed E-state index contributed by atoms with van der Waals surface area (Å²) >= 11 is 30.1. The van der Waals surface area contributed by atoms with Gasteiger partial charge in [0.2, 0.25) is 0 Å². The standard InChI is InChI=1S/C22H10Cl2F3NO2S.C17H10BrCl2NO2S/c23-16-4-2-10(6-17(16)24)19-9-31-21(28-19)11-1-3-13(15(5-11)22(29)30)14-7-12(25)8-18(26)20(14)27;1-23-17(22)11-6-10(2-4-12(11)18)16-21-15(8-24-16)9-3-5-13(19)14(20)7-9/h1-9H,(H,29,30);2-8H,1H3. The maximum Gasteiger partial charge on any atom is 0.339 e. The first-order valence-corrected chi connectivity index (χ1v) is 19.5. The van der Waals surface area contributed by atoms with E-state index in [1.807, 2.05) is 23.6 Å². The molecule has 0 aliphatic rings. The van der Waals surface area contributed by atoms with Gasteiger partial charge in [0.15, 0.2) is 11.6 Å². The smallest absolute Gasteiger partial charge is 0.339 e. The number of esters is 1. The number of carboxylic acid groups (broad SMARTS) is 1. The molecular formula is C39H20BrCl4F3N2O4S2. The van der Waals surface area contributed by atoms with Crippen LogP contribution in [0.3, 0.4) is 0 Å². The van der Waals surface area contributed by atoms with Gasteiger partial charge in [-0.1, -0.05) is 76.7 Å². The van der Waals surface area contributed by atoms with Crippen LogP contribution in [0.15, 0.2) is 100 Å². The average Bonchev–Trinajstić information content (AvgIpc) is 3.87. The molecule has 0 aliphatic heterocycles. The number of carbonyl (C=O) groups excluding carboxylic acids is 1. The number of rotatable bonds is 7. The molecule has 0 unspecified atom stereocenters. The zero-order chi connectivity index (χ0) is 39.6. The number of halogens is 8. The van der Waals surface area contributed by atoms with Crippen molar-refractivity contribution < 1.29 is 32.6 Å². The Morgan fingerprint density at radius 1 is 0.655 bits per heavy atom. The van der Waals surface area contributed by atoms with Crippen molar-refractivity contribution in [2.24, 2.45) is 0 Å². The first kappa shape index (κ1) is 40.4. The van der Waals surface area contributed by atoms with Crippen molar-refractivity contribution in [1.82, 2.24) is 9.97 Å². The fourth-order valence-electron chi connectivity index (χ4n) is 5.15. The summed E-state index contributed by atoms with van der Waals surface area (Å²) in [6.45, 7) is 0. The van der Waals surface area contributed by atoms with E-state index in [0.717, 1.165) is 33.5 Å². The molecule has 0 amide bonds. The van der Waals surface area contributed by atoms with Crippen molar-refractivity contribution in [3.05, 3.63) is 149 Å². The first-order chi connectivity index (χ1) is 26.2. The number of methoxy groups -OCH3 is 1. The van der Waals surface area contributed by atoms with E-state index < -0.39 is 35.0 Å². The van der Waals surface area contributed by atoms with Crippen LogP contribution in [0.4, 0.5) is 13.2 Å². The second-order valence-electron chi connectivity index (χ2n) is 11.3. The molecule has 0 fully saturated rings. The van der Waals surface area contributed by atoms with Crippen LogP contribution in [0.2, 0.25) is 20.1 Å². The number of hydrogen-bond donors (Lipinski definition) is 1. The van der Waals surface area contributed by atoms with Crippen molar-refractivity contribution in [3.63, 3.8) is 0 Å². The van der Waals surface area contributed by atoms with Crippen LogP contribution < -0.4 is 0 Å². The molecule has 16 heteroatoms. The summed E-state index contributed by atoms with van der Waals surface area (Å²) in [5, 5.41) is 16.4. The SMILES string of the molecule is COC(=O)c1cc(-c2nc(-c3ccc(Cl)c(Cl)c3)cs2)ccc1Br.O=C(O)c1cc(-c2nc(-c3ccc(Cl)c(Cl)c3)cs2)ccc1-c1cc(F)cc(F)c1F. The second-order valence-corrected chi connectivity index (χ2v) is 15.5. The van der Waals surface area contributed by atoms with Crippen molar-refractivity contribution in [2.75, 3.05) is 7.11 Å². The number of ether oxygens (including phenoxy) is 1. The van der Waals surface area contributed by atoms with Gasteiger partial charge in [0.1, 0.15) is 15.8 Å². The minimum Gasteiger partial charge on any atom is -0.478 e. The molecular weight excluding hydrogens is 903 g/mol. The predicted molar refractivity (Wildman–Crippen MR) is 217 cm³/mol. The number of nitrogens with zero attached hydrogens (tertiary/aromatic N) is 2. The largest absolute Gasteiger partial charge is 0.478 e. The highest BCUT2D eigenvalue weighted by Crippen LogP contribution is 2.37. The molecule has 278 valence electrons. The maximum absolute atomic E-state index is 14.2. The van der Waals surface area contributed by atoms with Crippen LogP contribution >= 0.6 is 85.0 Å². The lowest BCUT2D eigenvalue weighted by molar-refractivity contribution is 0.0598. The van der Waals surface area contributed by atoms with Gasteiger partial charge < -0.3 is 9.84 Å². The number of thiazole rings is 2. The van der Waals surface area contributed by atoms with E-state index in [1.165, 1.54) is 48.0 Å². The quantitative estimate of drug-likeness (QED) is 0.127. The summed E-state index contributed by atoms with van der Waals surface area (Å²) in [4.78, 5) is 32.7. The van der Waals surface area contributed by atoms with Gasteiger partial charge in [0, 0.05) is 49.1 Å². The molecule has 0 radical (unpaired) electrons. The molecule has 0 bridgehead atoms. The summed E-state index contributed by atoms with van der Waals surface area (Å²) in [5.41, 5.74) is 3.85. The third-order valence-electron chi connectivity index (χ3n) is 7.84. The van der Waals surface area contributed by atoms with Crippen LogP contribution in [-0.4, -0.2) is 34.1 Å². The number of hydrogen-bond acceptors (Lipinski definition) is 7. The number of aromatic carboxylic acids is 1. The van der Waals surface area contributed by atoms with Crippen molar-refractivity contribution in [3.8, 4) is 54.8 Å². The van der Waals surface area contributed by atoms with Crippen LogP contribution in [0.1, 0.15) is 20.7 Å². The molecule has 5 aromatic carbocycles. The molecule has 0 saturated carbocycles. The predicted octanol–water partition coefficient (Wildman–Crippen LogP) is 13.9. The summed E-state index contributed by atoms with van der Waals surface area (Å²) in [5.74, 6) is -5.51. The van der Waals surface area contributed by atoms with Gasteiger partial charge in [-0.25, -0.2) is 32.7 Å². The van der Waals surface area contributed by atoms with Gasteiger partial charge in [0.05, 0.1) is 49.7 Å². The molecule has 1 N–H and O–H groups in total. The molecule has 7 aromatic rings. The third kappa shape index (κ3) is 9.08. The summed E-state index contributed by atoms with van der Waals surface area (Å²) in [7, 11) is 1.35. The zero-order valence-corrected chi connectivity index (χ0v) is 33.9. The Labute approximate surface area is 347 Å². The highest BCUT2D eigenvalue weighted by atomic mass is 79.9. The molecule has 7 rings (SSSR count). The Morgan fingerprint density at radius 2 is 1.16 bits per heavy atom. The second kappa shape index (κ2) is 17.3.